The first-order valence-corrected chi connectivity index (χ1v) is 9.40. The summed E-state index contributed by atoms with van der Waals surface area (Å²) in [5.41, 5.74) is 1.53. The first-order valence-electron chi connectivity index (χ1n) is 9.03. The van der Waals surface area contributed by atoms with Crippen LogP contribution >= 0.6 is 11.6 Å². The van der Waals surface area contributed by atoms with Crippen LogP contribution in [0.4, 0.5) is 0 Å². The van der Waals surface area contributed by atoms with E-state index in [4.69, 9.17) is 16.3 Å². The predicted octanol–water partition coefficient (Wildman–Crippen LogP) is 3.52. The molecule has 2 aromatic rings. The molecule has 1 aliphatic heterocycles. The Kier molecular flexibility index (Phi) is 6.35. The van der Waals surface area contributed by atoms with Crippen LogP contribution in [0, 0.1) is 5.92 Å². The Hall–Kier alpha value is -2.53. The van der Waals surface area contributed by atoms with E-state index in [1.165, 1.54) is 7.11 Å². The number of methoxy groups -OCH3 is 1. The van der Waals surface area contributed by atoms with Crippen molar-refractivity contribution in [3.63, 3.8) is 0 Å². The summed E-state index contributed by atoms with van der Waals surface area (Å²) in [6.45, 7) is 1.61. The van der Waals surface area contributed by atoms with E-state index in [9.17, 15) is 9.59 Å². The number of nitrogens with zero attached hydrogens (tertiary/aromatic N) is 1. The number of amides is 2. The quantitative estimate of drug-likeness (QED) is 0.855. The van der Waals surface area contributed by atoms with Crippen molar-refractivity contribution in [3.8, 4) is 5.75 Å². The molecule has 1 saturated heterocycles. The number of halogens is 1. The van der Waals surface area contributed by atoms with E-state index in [-0.39, 0.29) is 17.7 Å². The molecular weight excluding hydrogens is 364 g/mol. The number of hydrogen-bond acceptors (Lipinski definition) is 3. The summed E-state index contributed by atoms with van der Waals surface area (Å²) in [4.78, 5) is 27.0. The summed E-state index contributed by atoms with van der Waals surface area (Å²) in [5, 5.41) is 3.49. The first kappa shape index (κ1) is 19.2. The molecule has 1 heterocycles. The maximum atomic E-state index is 12.8. The average molecular weight is 387 g/mol. The van der Waals surface area contributed by atoms with E-state index in [2.05, 4.69) is 5.32 Å². The normalized spacial score (nSPS) is 14.7. The summed E-state index contributed by atoms with van der Waals surface area (Å²) in [6.07, 6.45) is 1.30. The molecule has 142 valence electrons. The van der Waals surface area contributed by atoms with Gasteiger partial charge in [-0.1, -0.05) is 41.9 Å². The minimum Gasteiger partial charge on any atom is -0.496 e. The molecular formula is C21H23ClN2O3. The molecule has 27 heavy (non-hydrogen) atoms. The zero-order valence-electron chi connectivity index (χ0n) is 15.3. The second-order valence-electron chi connectivity index (χ2n) is 6.61. The van der Waals surface area contributed by atoms with E-state index in [0.717, 1.165) is 5.56 Å². The molecule has 0 spiro atoms. The van der Waals surface area contributed by atoms with Crippen molar-refractivity contribution in [2.45, 2.75) is 19.4 Å². The van der Waals surface area contributed by atoms with Gasteiger partial charge in [0, 0.05) is 30.6 Å². The number of ether oxygens (including phenoxy) is 1. The molecule has 5 nitrogen and oxygen atoms in total. The molecule has 1 N–H and O–H groups in total. The molecule has 0 unspecified atom stereocenters. The Morgan fingerprint density at radius 3 is 2.52 bits per heavy atom. The van der Waals surface area contributed by atoms with Crippen LogP contribution in [0.1, 0.15) is 28.8 Å². The molecule has 0 aliphatic carbocycles. The van der Waals surface area contributed by atoms with Gasteiger partial charge in [-0.3, -0.25) is 9.59 Å². The highest BCUT2D eigenvalue weighted by atomic mass is 35.5. The standard InChI is InChI=1S/C21H23ClN2O3/c1-27-19-8-7-17(22)13-18(19)21(26)24-11-9-16(10-12-24)20(25)23-14-15-5-3-2-4-6-15/h2-8,13,16H,9-12,14H2,1H3,(H,23,25). The number of rotatable bonds is 5. The molecule has 0 atom stereocenters. The van der Waals surface area contributed by atoms with Crippen LogP contribution < -0.4 is 10.1 Å². The van der Waals surface area contributed by atoms with Crippen LogP contribution in [0.5, 0.6) is 5.75 Å². The van der Waals surface area contributed by atoms with Crippen LogP contribution in [-0.2, 0) is 11.3 Å². The third-order valence-electron chi connectivity index (χ3n) is 4.85. The summed E-state index contributed by atoms with van der Waals surface area (Å²) in [7, 11) is 1.53. The molecule has 0 aromatic heterocycles. The molecule has 6 heteroatoms. The topological polar surface area (TPSA) is 58.6 Å². The van der Waals surface area contributed by atoms with E-state index in [0.29, 0.717) is 48.8 Å². The van der Waals surface area contributed by atoms with Gasteiger partial charge in [0.2, 0.25) is 5.91 Å². The third kappa shape index (κ3) is 4.80. The van der Waals surface area contributed by atoms with Crippen molar-refractivity contribution in [2.24, 2.45) is 5.92 Å². The number of likely N-dealkylation sites (tertiary alicyclic amines) is 1. The van der Waals surface area contributed by atoms with Crippen molar-refractivity contribution < 1.29 is 14.3 Å². The first-order chi connectivity index (χ1) is 13.1. The van der Waals surface area contributed by atoms with Crippen molar-refractivity contribution in [3.05, 3.63) is 64.7 Å². The van der Waals surface area contributed by atoms with E-state index < -0.39 is 0 Å². The fraction of sp³-hybridized carbons (Fsp3) is 0.333. The molecule has 0 radical (unpaired) electrons. The van der Waals surface area contributed by atoms with Crippen molar-refractivity contribution >= 4 is 23.4 Å². The van der Waals surface area contributed by atoms with Gasteiger partial charge in [0.25, 0.3) is 5.91 Å². The monoisotopic (exact) mass is 386 g/mol. The number of carbonyl (C=O) groups excluding carboxylic acids is 2. The van der Waals surface area contributed by atoms with Gasteiger partial charge in [-0.2, -0.15) is 0 Å². The van der Waals surface area contributed by atoms with Crippen LogP contribution in [-0.4, -0.2) is 36.9 Å². The maximum Gasteiger partial charge on any atom is 0.257 e. The Labute approximate surface area is 164 Å². The van der Waals surface area contributed by atoms with Gasteiger partial charge < -0.3 is 15.0 Å². The van der Waals surface area contributed by atoms with Crippen LogP contribution in [0.25, 0.3) is 0 Å². The maximum absolute atomic E-state index is 12.8. The second kappa shape index (κ2) is 8.91. The predicted molar refractivity (Wildman–Crippen MR) is 105 cm³/mol. The lowest BCUT2D eigenvalue weighted by Crippen LogP contribution is -2.43. The average Bonchev–Trinajstić information content (AvgIpc) is 2.72. The van der Waals surface area contributed by atoms with Gasteiger partial charge in [0.1, 0.15) is 5.75 Å². The number of piperidine rings is 1. The largest absolute Gasteiger partial charge is 0.496 e. The molecule has 2 amide bonds. The summed E-state index contributed by atoms with van der Waals surface area (Å²) in [5.74, 6) is 0.370. The lowest BCUT2D eigenvalue weighted by molar-refractivity contribution is -0.126. The minimum atomic E-state index is -0.113. The van der Waals surface area contributed by atoms with Gasteiger partial charge in [0.15, 0.2) is 0 Å². The molecule has 0 saturated carbocycles. The zero-order chi connectivity index (χ0) is 19.2. The van der Waals surface area contributed by atoms with Gasteiger partial charge in [0.05, 0.1) is 12.7 Å². The van der Waals surface area contributed by atoms with Gasteiger partial charge in [-0.25, -0.2) is 0 Å². The minimum absolute atomic E-state index is 0.0475. The Morgan fingerprint density at radius 2 is 1.85 bits per heavy atom. The highest BCUT2D eigenvalue weighted by Gasteiger charge is 2.29. The molecule has 3 rings (SSSR count). The summed E-state index contributed by atoms with van der Waals surface area (Å²) >= 11 is 6.03. The number of nitrogens with one attached hydrogen (secondary N) is 1. The number of benzene rings is 2. The molecule has 1 fully saturated rings. The highest BCUT2D eigenvalue weighted by molar-refractivity contribution is 6.31. The summed E-state index contributed by atoms with van der Waals surface area (Å²) in [6, 6.07) is 14.8. The van der Waals surface area contributed by atoms with Crippen molar-refractivity contribution in [2.75, 3.05) is 20.2 Å². The smallest absolute Gasteiger partial charge is 0.257 e. The highest BCUT2D eigenvalue weighted by Crippen LogP contribution is 2.26. The van der Waals surface area contributed by atoms with E-state index in [1.807, 2.05) is 30.3 Å². The van der Waals surface area contributed by atoms with Crippen LogP contribution in [0.3, 0.4) is 0 Å². The second-order valence-corrected chi connectivity index (χ2v) is 7.05. The third-order valence-corrected chi connectivity index (χ3v) is 5.09. The number of hydrogen-bond donors (Lipinski definition) is 1. The van der Waals surface area contributed by atoms with Gasteiger partial charge in [-0.05, 0) is 36.6 Å². The van der Waals surface area contributed by atoms with Crippen molar-refractivity contribution in [1.82, 2.24) is 10.2 Å². The van der Waals surface area contributed by atoms with Gasteiger partial charge >= 0.3 is 0 Å². The lowest BCUT2D eigenvalue weighted by Gasteiger charge is -2.31. The van der Waals surface area contributed by atoms with Crippen LogP contribution in [0.2, 0.25) is 5.02 Å². The summed E-state index contributed by atoms with van der Waals surface area (Å²) < 4.78 is 5.28. The SMILES string of the molecule is COc1ccc(Cl)cc1C(=O)N1CCC(C(=O)NCc2ccccc2)CC1. The Morgan fingerprint density at radius 1 is 1.15 bits per heavy atom. The van der Waals surface area contributed by atoms with E-state index in [1.54, 1.807) is 23.1 Å². The molecule has 2 aromatic carbocycles. The zero-order valence-corrected chi connectivity index (χ0v) is 16.0. The van der Waals surface area contributed by atoms with Crippen LogP contribution in [0.15, 0.2) is 48.5 Å². The fourth-order valence-electron chi connectivity index (χ4n) is 3.29. The number of carbonyl (C=O) groups is 2. The Balaban J connectivity index is 1.54. The van der Waals surface area contributed by atoms with Crippen molar-refractivity contribution in [1.29, 1.82) is 0 Å². The fourth-order valence-corrected chi connectivity index (χ4v) is 3.46. The molecule has 0 bridgehead atoms. The van der Waals surface area contributed by atoms with Gasteiger partial charge in [-0.15, -0.1) is 0 Å². The Bertz CT molecular complexity index is 802. The lowest BCUT2D eigenvalue weighted by atomic mass is 9.95. The van der Waals surface area contributed by atoms with E-state index >= 15 is 0 Å². The molecule has 1 aliphatic rings.